The fraction of sp³-hybridized carbons (Fsp3) is 0.429. The van der Waals surface area contributed by atoms with Crippen molar-refractivity contribution in [3.05, 3.63) is 64.7 Å². The van der Waals surface area contributed by atoms with E-state index in [1.807, 2.05) is 24.3 Å². The zero-order valence-corrected chi connectivity index (χ0v) is 20.7. The maximum atomic E-state index is 12.9. The molecule has 9 nitrogen and oxygen atoms in total. The highest BCUT2D eigenvalue weighted by atomic mass is 16.5. The summed E-state index contributed by atoms with van der Waals surface area (Å²) in [5.41, 5.74) is 2.99. The van der Waals surface area contributed by atoms with Gasteiger partial charge in [-0.3, -0.25) is 29.4 Å². The van der Waals surface area contributed by atoms with Crippen molar-refractivity contribution in [2.75, 3.05) is 39.5 Å². The molecule has 194 valence electrons. The van der Waals surface area contributed by atoms with Crippen LogP contribution in [0.25, 0.3) is 0 Å². The molecule has 2 aromatic rings. The van der Waals surface area contributed by atoms with Gasteiger partial charge in [0.2, 0.25) is 11.8 Å². The van der Waals surface area contributed by atoms with Crippen molar-refractivity contribution in [2.24, 2.45) is 0 Å². The molecule has 5 rings (SSSR count). The fourth-order valence-electron chi connectivity index (χ4n) is 5.06. The van der Waals surface area contributed by atoms with Crippen LogP contribution in [-0.2, 0) is 27.3 Å². The minimum absolute atomic E-state index is 0.0281. The highest BCUT2D eigenvalue weighted by molar-refractivity contribution is 6.05. The Bertz CT molecular complexity index is 1210. The van der Waals surface area contributed by atoms with Crippen molar-refractivity contribution in [1.29, 1.82) is 0 Å². The Hall–Kier alpha value is -3.56. The Morgan fingerprint density at radius 1 is 1.08 bits per heavy atom. The lowest BCUT2D eigenvalue weighted by atomic mass is 9.99. The van der Waals surface area contributed by atoms with Crippen LogP contribution in [0.15, 0.2) is 42.5 Å². The summed E-state index contributed by atoms with van der Waals surface area (Å²) in [4.78, 5) is 53.3. The SMILES string of the molecule is O=C1CCC(N2Cc3cc(CCC(=O)c4cccc(OCCN5CCOCC5)c4)ccc3C2=O)C(=O)N1. The van der Waals surface area contributed by atoms with E-state index in [2.05, 4.69) is 10.2 Å². The van der Waals surface area contributed by atoms with Gasteiger partial charge in [-0.25, -0.2) is 0 Å². The number of carbonyl (C=O) groups excluding carboxylic acids is 4. The number of Topliss-reactive ketones (excluding diaryl/α,β-unsaturated/α-hetero) is 1. The topological polar surface area (TPSA) is 105 Å². The summed E-state index contributed by atoms with van der Waals surface area (Å²) in [7, 11) is 0. The number of morpholine rings is 1. The van der Waals surface area contributed by atoms with Crippen LogP contribution in [0.3, 0.4) is 0 Å². The summed E-state index contributed by atoms with van der Waals surface area (Å²) in [5.74, 6) is -0.209. The maximum absolute atomic E-state index is 12.9. The Kier molecular flexibility index (Phi) is 7.62. The minimum atomic E-state index is -0.633. The van der Waals surface area contributed by atoms with E-state index in [1.54, 1.807) is 18.2 Å². The standard InChI is InChI=1S/C28H31N3O6/c32-25(20-2-1-3-22(17-20)37-15-12-30-10-13-36-14-11-30)8-5-19-4-6-23-21(16-19)18-31(28(23)35)24-7-9-26(33)29-27(24)34/h1-4,6,16-17,24H,5,7-15,18H2,(H,29,33,34). The highest BCUT2D eigenvalue weighted by Gasteiger charge is 2.39. The summed E-state index contributed by atoms with van der Waals surface area (Å²) in [5, 5.41) is 2.32. The maximum Gasteiger partial charge on any atom is 0.255 e. The number of carbonyl (C=O) groups is 4. The molecule has 0 radical (unpaired) electrons. The number of hydrogen-bond acceptors (Lipinski definition) is 7. The smallest absolute Gasteiger partial charge is 0.255 e. The van der Waals surface area contributed by atoms with Crippen molar-refractivity contribution >= 4 is 23.5 Å². The summed E-state index contributed by atoms with van der Waals surface area (Å²) in [6.45, 7) is 5.03. The van der Waals surface area contributed by atoms with Gasteiger partial charge >= 0.3 is 0 Å². The molecule has 0 aromatic heterocycles. The second-order valence-corrected chi connectivity index (χ2v) is 9.64. The summed E-state index contributed by atoms with van der Waals surface area (Å²) in [6.07, 6.45) is 1.44. The number of imide groups is 1. The van der Waals surface area contributed by atoms with Crippen LogP contribution in [0, 0.1) is 0 Å². The minimum Gasteiger partial charge on any atom is -0.492 e. The Balaban J connectivity index is 1.15. The normalized spacial score (nSPS) is 20.1. The van der Waals surface area contributed by atoms with Gasteiger partial charge in [-0.15, -0.1) is 0 Å². The average molecular weight is 506 g/mol. The quantitative estimate of drug-likeness (QED) is 0.410. The van der Waals surface area contributed by atoms with Gasteiger partial charge in [-0.1, -0.05) is 24.3 Å². The first kappa shape index (κ1) is 25.1. The van der Waals surface area contributed by atoms with Gasteiger partial charge < -0.3 is 14.4 Å². The van der Waals surface area contributed by atoms with E-state index in [0.29, 0.717) is 49.3 Å². The number of fused-ring (bicyclic) bond motifs is 1. The van der Waals surface area contributed by atoms with Crippen molar-refractivity contribution in [2.45, 2.75) is 38.3 Å². The predicted molar refractivity (Wildman–Crippen MR) is 134 cm³/mol. The van der Waals surface area contributed by atoms with Crippen LogP contribution in [-0.4, -0.2) is 78.8 Å². The second kappa shape index (κ2) is 11.2. The fourth-order valence-corrected chi connectivity index (χ4v) is 5.06. The van der Waals surface area contributed by atoms with Gasteiger partial charge in [0.15, 0.2) is 5.78 Å². The lowest BCUT2D eigenvalue weighted by molar-refractivity contribution is -0.136. The number of ether oxygens (including phenoxy) is 2. The first-order chi connectivity index (χ1) is 18.0. The first-order valence-electron chi connectivity index (χ1n) is 12.8. The zero-order chi connectivity index (χ0) is 25.8. The van der Waals surface area contributed by atoms with Gasteiger partial charge in [0.25, 0.3) is 5.91 Å². The third kappa shape index (κ3) is 5.89. The molecule has 1 atom stereocenters. The van der Waals surface area contributed by atoms with Crippen molar-refractivity contribution < 1.29 is 28.7 Å². The molecule has 3 amide bonds. The van der Waals surface area contributed by atoms with Gasteiger partial charge in [0.1, 0.15) is 18.4 Å². The average Bonchev–Trinajstić information content (AvgIpc) is 3.23. The molecular weight excluding hydrogens is 474 g/mol. The summed E-state index contributed by atoms with van der Waals surface area (Å²) < 4.78 is 11.2. The molecule has 3 aliphatic rings. The lowest BCUT2D eigenvalue weighted by Crippen LogP contribution is -2.52. The Morgan fingerprint density at radius 3 is 2.73 bits per heavy atom. The molecule has 3 aliphatic heterocycles. The molecule has 0 spiro atoms. The van der Waals surface area contributed by atoms with Gasteiger partial charge in [0, 0.05) is 50.1 Å². The zero-order valence-electron chi connectivity index (χ0n) is 20.7. The van der Waals surface area contributed by atoms with Crippen LogP contribution in [0.5, 0.6) is 5.75 Å². The number of ketones is 1. The Labute approximate surface area is 215 Å². The molecule has 1 N–H and O–H groups in total. The number of piperidine rings is 1. The van der Waals surface area contributed by atoms with Crippen LogP contribution < -0.4 is 10.1 Å². The number of aryl methyl sites for hydroxylation is 1. The first-order valence-corrected chi connectivity index (χ1v) is 12.8. The number of amides is 3. The van der Waals surface area contributed by atoms with Gasteiger partial charge in [-0.2, -0.15) is 0 Å². The number of benzene rings is 2. The molecule has 0 bridgehead atoms. The van der Waals surface area contributed by atoms with Gasteiger partial charge in [-0.05, 0) is 42.2 Å². The van der Waals surface area contributed by atoms with E-state index < -0.39 is 11.9 Å². The third-order valence-electron chi connectivity index (χ3n) is 7.16. The second-order valence-electron chi connectivity index (χ2n) is 9.64. The number of rotatable bonds is 9. The molecular formula is C28H31N3O6. The van der Waals surface area contributed by atoms with E-state index in [9.17, 15) is 19.2 Å². The number of hydrogen-bond donors (Lipinski definition) is 1. The molecule has 2 fully saturated rings. The summed E-state index contributed by atoms with van der Waals surface area (Å²) in [6, 6.07) is 12.2. The van der Waals surface area contributed by atoms with Crippen LogP contribution >= 0.6 is 0 Å². The molecule has 9 heteroatoms. The van der Waals surface area contributed by atoms with Crippen molar-refractivity contribution in [3.8, 4) is 5.75 Å². The monoisotopic (exact) mass is 505 g/mol. The molecule has 2 aromatic carbocycles. The molecule has 3 heterocycles. The molecule has 0 saturated carbocycles. The van der Waals surface area contributed by atoms with E-state index in [-0.39, 0.29) is 24.0 Å². The highest BCUT2D eigenvalue weighted by Crippen LogP contribution is 2.28. The number of nitrogens with zero attached hydrogens (tertiary/aromatic N) is 2. The van der Waals surface area contributed by atoms with E-state index >= 15 is 0 Å². The molecule has 0 aliphatic carbocycles. The van der Waals surface area contributed by atoms with Gasteiger partial charge in [0.05, 0.1) is 13.2 Å². The lowest BCUT2D eigenvalue weighted by Gasteiger charge is -2.29. The largest absolute Gasteiger partial charge is 0.492 e. The van der Waals surface area contributed by atoms with Crippen LogP contribution in [0.4, 0.5) is 0 Å². The predicted octanol–water partition coefficient (Wildman–Crippen LogP) is 1.97. The van der Waals surface area contributed by atoms with Crippen molar-refractivity contribution in [1.82, 2.24) is 15.1 Å². The molecule has 2 saturated heterocycles. The van der Waals surface area contributed by atoms with E-state index in [4.69, 9.17) is 9.47 Å². The van der Waals surface area contributed by atoms with Crippen LogP contribution in [0.2, 0.25) is 0 Å². The summed E-state index contributed by atoms with van der Waals surface area (Å²) >= 11 is 0. The van der Waals surface area contributed by atoms with E-state index in [0.717, 1.165) is 44.0 Å². The number of nitrogens with one attached hydrogen (secondary N) is 1. The Morgan fingerprint density at radius 2 is 1.92 bits per heavy atom. The molecule has 37 heavy (non-hydrogen) atoms. The van der Waals surface area contributed by atoms with E-state index in [1.165, 1.54) is 4.90 Å². The molecule has 1 unspecified atom stereocenters. The van der Waals surface area contributed by atoms with Crippen LogP contribution in [0.1, 0.15) is 51.1 Å². The third-order valence-corrected chi connectivity index (χ3v) is 7.16. The van der Waals surface area contributed by atoms with Crippen molar-refractivity contribution in [3.63, 3.8) is 0 Å².